The molecule has 156 valence electrons. The lowest BCUT2D eigenvalue weighted by atomic mass is 9.99. The van der Waals surface area contributed by atoms with Gasteiger partial charge in [0.1, 0.15) is 11.6 Å². The molecule has 1 heterocycles. The Bertz CT molecular complexity index is 788. The maximum Gasteiger partial charge on any atom is 0.223 e. The molecule has 1 aliphatic rings. The van der Waals surface area contributed by atoms with Gasteiger partial charge in [-0.3, -0.25) is 9.69 Å². The molecule has 0 saturated carbocycles. The third-order valence-electron chi connectivity index (χ3n) is 5.56. The second-order valence-corrected chi connectivity index (χ2v) is 7.70. The predicted octanol–water partition coefficient (Wildman–Crippen LogP) is 4.36. The first-order valence-electron chi connectivity index (χ1n) is 10.6. The average molecular weight is 399 g/mol. The summed E-state index contributed by atoms with van der Waals surface area (Å²) < 4.78 is 19.4. The van der Waals surface area contributed by atoms with Crippen LogP contribution in [0.5, 0.6) is 5.75 Å². The van der Waals surface area contributed by atoms with Crippen molar-refractivity contribution in [1.82, 2.24) is 10.2 Å². The second kappa shape index (κ2) is 10.4. The topological polar surface area (TPSA) is 41.6 Å². The Kier molecular flexibility index (Phi) is 7.64. The molecule has 0 bridgehead atoms. The molecule has 2 unspecified atom stereocenters. The van der Waals surface area contributed by atoms with Crippen LogP contribution < -0.4 is 10.1 Å². The summed E-state index contributed by atoms with van der Waals surface area (Å²) in [5, 5.41) is 3.10. The number of likely N-dealkylation sites (tertiary alicyclic amines) is 1. The molecule has 0 radical (unpaired) electrons. The summed E-state index contributed by atoms with van der Waals surface area (Å²) >= 11 is 0. The van der Waals surface area contributed by atoms with E-state index in [0.29, 0.717) is 25.1 Å². The van der Waals surface area contributed by atoms with Gasteiger partial charge in [-0.15, -0.1) is 0 Å². The lowest BCUT2D eigenvalue weighted by Gasteiger charge is -2.29. The summed E-state index contributed by atoms with van der Waals surface area (Å²) in [6, 6.07) is 14.9. The summed E-state index contributed by atoms with van der Waals surface area (Å²) in [6.45, 7) is 7.10. The Hall–Kier alpha value is -2.40. The van der Waals surface area contributed by atoms with E-state index in [9.17, 15) is 9.18 Å². The zero-order valence-corrected chi connectivity index (χ0v) is 17.4. The van der Waals surface area contributed by atoms with Crippen LogP contribution in [0.4, 0.5) is 4.39 Å². The van der Waals surface area contributed by atoms with Crippen LogP contribution in [0.25, 0.3) is 0 Å². The first-order valence-corrected chi connectivity index (χ1v) is 10.6. The van der Waals surface area contributed by atoms with Crippen molar-refractivity contribution in [1.29, 1.82) is 0 Å². The summed E-state index contributed by atoms with van der Waals surface area (Å²) in [5.41, 5.74) is 1.76. The molecule has 29 heavy (non-hydrogen) atoms. The van der Waals surface area contributed by atoms with Gasteiger partial charge in [0.05, 0.1) is 12.6 Å². The Morgan fingerprint density at radius 2 is 1.83 bits per heavy atom. The number of rotatable bonds is 9. The first-order chi connectivity index (χ1) is 14.1. The summed E-state index contributed by atoms with van der Waals surface area (Å²) in [4.78, 5) is 15.1. The molecular formula is C24H31FN2O2. The Morgan fingerprint density at radius 1 is 1.14 bits per heavy atom. The molecule has 0 aromatic heterocycles. The van der Waals surface area contributed by atoms with Gasteiger partial charge in [0.15, 0.2) is 0 Å². The molecule has 4 nitrogen and oxygen atoms in total. The number of hydrogen-bond acceptors (Lipinski definition) is 3. The predicted molar refractivity (Wildman–Crippen MR) is 113 cm³/mol. The van der Waals surface area contributed by atoms with Crippen molar-refractivity contribution >= 4 is 5.91 Å². The summed E-state index contributed by atoms with van der Waals surface area (Å²) in [6.07, 6.45) is 2.77. The maximum atomic E-state index is 13.9. The molecule has 1 amide bonds. The smallest absolute Gasteiger partial charge is 0.223 e. The van der Waals surface area contributed by atoms with Gasteiger partial charge in [-0.1, -0.05) is 37.3 Å². The zero-order valence-electron chi connectivity index (χ0n) is 17.4. The number of nitrogens with one attached hydrogen (secondary N) is 1. The van der Waals surface area contributed by atoms with E-state index in [0.717, 1.165) is 18.8 Å². The highest BCUT2D eigenvalue weighted by atomic mass is 19.1. The van der Waals surface area contributed by atoms with Gasteiger partial charge in [-0.05, 0) is 68.6 Å². The highest BCUT2D eigenvalue weighted by molar-refractivity contribution is 5.78. The zero-order chi connectivity index (χ0) is 20.6. The number of ether oxygens (including phenoxy) is 1. The largest absolute Gasteiger partial charge is 0.494 e. The van der Waals surface area contributed by atoms with Crippen molar-refractivity contribution in [3.63, 3.8) is 0 Å². The summed E-state index contributed by atoms with van der Waals surface area (Å²) in [7, 11) is 0. The number of amides is 1. The van der Waals surface area contributed by atoms with Crippen LogP contribution in [0.3, 0.4) is 0 Å². The van der Waals surface area contributed by atoms with E-state index in [1.807, 2.05) is 26.0 Å². The van der Waals surface area contributed by atoms with E-state index < -0.39 is 0 Å². The average Bonchev–Trinajstić information content (AvgIpc) is 3.25. The monoisotopic (exact) mass is 398 g/mol. The Labute approximate surface area is 173 Å². The van der Waals surface area contributed by atoms with Crippen molar-refractivity contribution in [2.45, 2.75) is 39.2 Å². The van der Waals surface area contributed by atoms with E-state index in [-0.39, 0.29) is 23.7 Å². The molecule has 1 saturated heterocycles. The van der Waals surface area contributed by atoms with Gasteiger partial charge in [0.25, 0.3) is 0 Å². The molecule has 1 fully saturated rings. The fourth-order valence-corrected chi connectivity index (χ4v) is 3.92. The highest BCUT2D eigenvalue weighted by Gasteiger charge is 2.25. The van der Waals surface area contributed by atoms with Crippen molar-refractivity contribution in [3.05, 3.63) is 65.5 Å². The molecule has 1 N–H and O–H groups in total. The van der Waals surface area contributed by atoms with Crippen LogP contribution in [0.2, 0.25) is 0 Å². The van der Waals surface area contributed by atoms with Gasteiger partial charge < -0.3 is 10.1 Å². The number of benzene rings is 2. The van der Waals surface area contributed by atoms with E-state index in [1.165, 1.54) is 24.5 Å². The number of hydrogen-bond donors (Lipinski definition) is 1. The molecule has 0 aliphatic carbocycles. The van der Waals surface area contributed by atoms with Gasteiger partial charge in [0, 0.05) is 12.5 Å². The minimum Gasteiger partial charge on any atom is -0.494 e. The van der Waals surface area contributed by atoms with Gasteiger partial charge in [-0.25, -0.2) is 4.39 Å². The van der Waals surface area contributed by atoms with Crippen LogP contribution >= 0.6 is 0 Å². The van der Waals surface area contributed by atoms with Crippen molar-refractivity contribution in [2.24, 2.45) is 5.92 Å². The van der Waals surface area contributed by atoms with E-state index in [1.54, 1.807) is 18.2 Å². The third-order valence-corrected chi connectivity index (χ3v) is 5.56. The normalized spacial score (nSPS) is 16.4. The van der Waals surface area contributed by atoms with Crippen LogP contribution in [0.15, 0.2) is 48.5 Å². The molecular weight excluding hydrogens is 367 g/mol. The number of carbonyl (C=O) groups excluding carboxylic acids is 1. The van der Waals surface area contributed by atoms with Gasteiger partial charge >= 0.3 is 0 Å². The van der Waals surface area contributed by atoms with Crippen LogP contribution in [0.1, 0.15) is 43.9 Å². The fourth-order valence-electron chi connectivity index (χ4n) is 3.92. The molecule has 2 aromatic rings. The Balaban J connectivity index is 1.63. The number of nitrogens with zero attached hydrogens (tertiary/aromatic N) is 1. The summed E-state index contributed by atoms with van der Waals surface area (Å²) in [5.74, 6) is 0.283. The lowest BCUT2D eigenvalue weighted by molar-refractivity contribution is -0.124. The minimum absolute atomic E-state index is 0.0385. The fraction of sp³-hybridized carbons (Fsp3) is 0.458. The van der Waals surface area contributed by atoms with E-state index >= 15 is 0 Å². The van der Waals surface area contributed by atoms with Crippen molar-refractivity contribution < 1.29 is 13.9 Å². The lowest BCUT2D eigenvalue weighted by Crippen LogP contribution is -2.39. The van der Waals surface area contributed by atoms with Crippen molar-refractivity contribution in [3.8, 4) is 5.75 Å². The quantitative estimate of drug-likeness (QED) is 0.683. The molecule has 2 aromatic carbocycles. The highest BCUT2D eigenvalue weighted by Crippen LogP contribution is 2.26. The van der Waals surface area contributed by atoms with E-state index in [2.05, 4.69) is 22.3 Å². The maximum absolute atomic E-state index is 13.9. The minimum atomic E-state index is -0.286. The van der Waals surface area contributed by atoms with Crippen LogP contribution in [-0.2, 0) is 11.2 Å². The van der Waals surface area contributed by atoms with Crippen molar-refractivity contribution in [2.75, 3.05) is 26.2 Å². The molecule has 5 heteroatoms. The molecule has 0 spiro atoms. The van der Waals surface area contributed by atoms with E-state index in [4.69, 9.17) is 4.74 Å². The molecule has 2 atom stereocenters. The third kappa shape index (κ3) is 5.80. The standard InChI is InChI=1S/C24H31FN2O2/c1-3-29-21-12-10-19(11-13-21)23(27-14-6-7-15-27)17-26-24(28)18(2)16-20-8-4-5-9-22(20)25/h4-5,8-13,18,23H,3,6-7,14-17H2,1-2H3,(H,26,28). The first kappa shape index (κ1) is 21.3. The van der Waals surface area contributed by atoms with Gasteiger partial charge in [-0.2, -0.15) is 0 Å². The molecule has 1 aliphatic heterocycles. The number of carbonyl (C=O) groups is 1. The van der Waals surface area contributed by atoms with Gasteiger partial charge in [0.2, 0.25) is 5.91 Å². The molecule has 3 rings (SSSR count). The SMILES string of the molecule is CCOc1ccc(C(CNC(=O)C(C)Cc2ccccc2F)N2CCCC2)cc1. The second-order valence-electron chi connectivity index (χ2n) is 7.70. The van der Waals surface area contributed by atoms with Crippen LogP contribution in [-0.4, -0.2) is 37.0 Å². The number of halogens is 1. The van der Waals surface area contributed by atoms with Crippen LogP contribution in [0, 0.1) is 11.7 Å². The Morgan fingerprint density at radius 3 is 2.48 bits per heavy atom.